The van der Waals surface area contributed by atoms with Crippen molar-refractivity contribution in [2.75, 3.05) is 0 Å². The van der Waals surface area contributed by atoms with Crippen molar-refractivity contribution >= 4 is 17.7 Å². The van der Waals surface area contributed by atoms with Crippen LogP contribution >= 0.6 is 11.8 Å². The Morgan fingerprint density at radius 1 is 0.903 bits per heavy atom. The number of aromatic nitrogens is 3. The molecule has 0 unspecified atom stereocenters. The van der Waals surface area contributed by atoms with Gasteiger partial charge in [-0.2, -0.15) is 0 Å². The van der Waals surface area contributed by atoms with Gasteiger partial charge in [0.15, 0.2) is 0 Å². The molecular weight excluding hydrogens is 404 g/mol. The highest BCUT2D eigenvalue weighted by Crippen LogP contribution is 2.23. The third-order valence-corrected chi connectivity index (χ3v) is 5.74. The Bertz CT molecular complexity index is 1130. The van der Waals surface area contributed by atoms with Gasteiger partial charge in [0.05, 0.1) is 17.9 Å². The van der Waals surface area contributed by atoms with Gasteiger partial charge >= 0.3 is 0 Å². The van der Waals surface area contributed by atoms with Gasteiger partial charge in [0.2, 0.25) is 0 Å². The van der Waals surface area contributed by atoms with E-state index in [1.807, 2.05) is 54.6 Å². The van der Waals surface area contributed by atoms with Crippen LogP contribution in [0.2, 0.25) is 0 Å². The third-order valence-electron chi connectivity index (χ3n) is 4.75. The lowest BCUT2D eigenvalue weighted by Crippen LogP contribution is -2.23. The summed E-state index contributed by atoms with van der Waals surface area (Å²) >= 11 is 1.62. The second-order valence-electron chi connectivity index (χ2n) is 7.11. The maximum absolute atomic E-state index is 12.3. The molecule has 6 heteroatoms. The van der Waals surface area contributed by atoms with Gasteiger partial charge in [0, 0.05) is 23.1 Å². The van der Waals surface area contributed by atoms with E-state index in [-0.39, 0.29) is 5.91 Å². The highest BCUT2D eigenvalue weighted by atomic mass is 32.2. The fraction of sp³-hybridized carbons (Fsp3) is 0.120. The average Bonchev–Trinajstić information content (AvgIpc) is 2.83. The van der Waals surface area contributed by atoms with Crippen LogP contribution in [-0.4, -0.2) is 21.1 Å². The predicted octanol–water partition coefficient (Wildman–Crippen LogP) is 5.07. The van der Waals surface area contributed by atoms with Crippen molar-refractivity contribution in [1.29, 1.82) is 0 Å². The lowest BCUT2D eigenvalue weighted by molar-refractivity contribution is 0.0950. The number of pyridine rings is 1. The topological polar surface area (TPSA) is 67.8 Å². The number of hydrogen-bond donors (Lipinski definition) is 1. The lowest BCUT2D eigenvalue weighted by atomic mass is 10.1. The summed E-state index contributed by atoms with van der Waals surface area (Å²) in [4.78, 5) is 16.5. The molecule has 1 amide bonds. The quantitative estimate of drug-likeness (QED) is 0.418. The van der Waals surface area contributed by atoms with Crippen LogP contribution < -0.4 is 5.32 Å². The number of rotatable bonds is 7. The Balaban J connectivity index is 1.30. The molecule has 31 heavy (non-hydrogen) atoms. The normalized spacial score (nSPS) is 10.6. The molecule has 0 saturated carbocycles. The number of nitrogens with zero attached hydrogens (tertiary/aromatic N) is 3. The fourth-order valence-corrected chi connectivity index (χ4v) is 3.73. The first-order valence-electron chi connectivity index (χ1n) is 9.98. The summed E-state index contributed by atoms with van der Waals surface area (Å²) in [7, 11) is 0. The number of hydrogen-bond acceptors (Lipinski definition) is 5. The molecule has 154 valence electrons. The van der Waals surface area contributed by atoms with Crippen molar-refractivity contribution in [2.45, 2.75) is 24.2 Å². The zero-order valence-corrected chi connectivity index (χ0v) is 18.0. The highest BCUT2D eigenvalue weighted by molar-refractivity contribution is 7.98. The monoisotopic (exact) mass is 426 g/mol. The second-order valence-corrected chi connectivity index (χ2v) is 8.11. The standard InChI is InChI=1S/C25H22N4OS/c1-18-5-9-20(10-6-18)23-13-14-24(29-28-23)31-17-19-7-11-21(12-8-19)25(30)27-16-22-4-2-3-15-26-22/h2-15H,16-17H2,1H3,(H,27,30). The Labute approximate surface area is 186 Å². The van der Waals surface area contributed by atoms with E-state index in [0.29, 0.717) is 12.1 Å². The van der Waals surface area contributed by atoms with Gasteiger partial charge in [-0.1, -0.05) is 59.8 Å². The number of carbonyl (C=O) groups excluding carboxylic acids is 1. The molecule has 0 aliphatic carbocycles. The highest BCUT2D eigenvalue weighted by Gasteiger charge is 2.07. The number of benzene rings is 2. The molecule has 1 N–H and O–H groups in total. The van der Waals surface area contributed by atoms with Crippen molar-refractivity contribution < 1.29 is 4.79 Å². The molecule has 2 aromatic heterocycles. The summed E-state index contributed by atoms with van der Waals surface area (Å²) in [6.07, 6.45) is 1.72. The van der Waals surface area contributed by atoms with Crippen LogP contribution in [0.15, 0.2) is 90.1 Å². The fourth-order valence-electron chi connectivity index (χ4n) is 2.96. The Morgan fingerprint density at radius 3 is 2.39 bits per heavy atom. The first-order valence-corrected chi connectivity index (χ1v) is 11.0. The smallest absolute Gasteiger partial charge is 0.251 e. The molecule has 0 bridgehead atoms. The lowest BCUT2D eigenvalue weighted by Gasteiger charge is -2.06. The zero-order valence-electron chi connectivity index (χ0n) is 17.2. The molecular formula is C25H22N4OS. The minimum absolute atomic E-state index is 0.109. The molecule has 4 rings (SSSR count). The number of nitrogens with one attached hydrogen (secondary N) is 1. The van der Waals surface area contributed by atoms with E-state index in [1.54, 1.807) is 18.0 Å². The largest absolute Gasteiger partial charge is 0.346 e. The van der Waals surface area contributed by atoms with Crippen LogP contribution in [0.4, 0.5) is 0 Å². The Hall–Kier alpha value is -3.51. The summed E-state index contributed by atoms with van der Waals surface area (Å²) in [5.74, 6) is 0.649. The third kappa shape index (κ3) is 5.77. The Kier molecular flexibility index (Phi) is 6.69. The van der Waals surface area contributed by atoms with Crippen LogP contribution in [0.5, 0.6) is 0 Å². The molecule has 0 atom stereocenters. The molecule has 5 nitrogen and oxygen atoms in total. The summed E-state index contributed by atoms with van der Waals surface area (Å²) in [6, 6.07) is 25.5. The first kappa shape index (κ1) is 20.8. The van der Waals surface area contributed by atoms with Crippen molar-refractivity contribution in [3.8, 4) is 11.3 Å². The van der Waals surface area contributed by atoms with Gasteiger partial charge in [-0.3, -0.25) is 9.78 Å². The summed E-state index contributed by atoms with van der Waals surface area (Å²) in [5, 5.41) is 12.4. The van der Waals surface area contributed by atoms with E-state index in [9.17, 15) is 4.79 Å². The van der Waals surface area contributed by atoms with Gasteiger partial charge < -0.3 is 5.32 Å². The van der Waals surface area contributed by atoms with Crippen molar-refractivity contribution in [1.82, 2.24) is 20.5 Å². The van der Waals surface area contributed by atoms with E-state index >= 15 is 0 Å². The molecule has 2 aromatic carbocycles. The van der Waals surface area contributed by atoms with Gasteiger partial charge in [0.25, 0.3) is 5.91 Å². The van der Waals surface area contributed by atoms with Gasteiger partial charge in [-0.15, -0.1) is 10.2 Å². The van der Waals surface area contributed by atoms with Crippen LogP contribution in [0.1, 0.15) is 27.2 Å². The number of carbonyl (C=O) groups is 1. The SMILES string of the molecule is Cc1ccc(-c2ccc(SCc3ccc(C(=O)NCc4ccccn4)cc3)nn2)cc1. The molecule has 4 aromatic rings. The molecule has 0 aliphatic rings. The van der Waals surface area contributed by atoms with E-state index in [1.165, 1.54) is 5.56 Å². The first-order chi connectivity index (χ1) is 15.2. The second kappa shape index (κ2) is 10.00. The van der Waals surface area contributed by atoms with Crippen LogP contribution in [0.25, 0.3) is 11.3 Å². The average molecular weight is 427 g/mol. The molecule has 0 fully saturated rings. The van der Waals surface area contributed by atoms with Gasteiger partial charge in [-0.25, -0.2) is 0 Å². The molecule has 0 saturated heterocycles. The van der Waals surface area contributed by atoms with E-state index in [2.05, 4.69) is 51.7 Å². The van der Waals surface area contributed by atoms with E-state index in [0.717, 1.165) is 33.3 Å². The van der Waals surface area contributed by atoms with Gasteiger partial charge in [-0.05, 0) is 48.9 Å². The molecule has 0 aliphatic heterocycles. The Morgan fingerprint density at radius 2 is 1.71 bits per heavy atom. The van der Waals surface area contributed by atoms with E-state index < -0.39 is 0 Å². The minimum atomic E-state index is -0.109. The molecule has 0 radical (unpaired) electrons. The summed E-state index contributed by atoms with van der Waals surface area (Å²) < 4.78 is 0. The van der Waals surface area contributed by atoms with Crippen LogP contribution in [0.3, 0.4) is 0 Å². The predicted molar refractivity (Wildman–Crippen MR) is 124 cm³/mol. The zero-order chi connectivity index (χ0) is 21.5. The number of thioether (sulfide) groups is 1. The van der Waals surface area contributed by atoms with Crippen molar-refractivity contribution in [3.05, 3.63) is 107 Å². The van der Waals surface area contributed by atoms with Crippen LogP contribution in [0, 0.1) is 6.92 Å². The number of amides is 1. The maximum Gasteiger partial charge on any atom is 0.251 e. The van der Waals surface area contributed by atoms with Crippen LogP contribution in [-0.2, 0) is 12.3 Å². The number of aryl methyl sites for hydroxylation is 1. The molecule has 2 heterocycles. The summed E-state index contributed by atoms with van der Waals surface area (Å²) in [5.41, 5.74) is 5.73. The molecule has 0 spiro atoms. The van der Waals surface area contributed by atoms with E-state index in [4.69, 9.17) is 0 Å². The van der Waals surface area contributed by atoms with Crippen molar-refractivity contribution in [2.24, 2.45) is 0 Å². The minimum Gasteiger partial charge on any atom is -0.346 e. The van der Waals surface area contributed by atoms with Gasteiger partial charge in [0.1, 0.15) is 5.03 Å². The van der Waals surface area contributed by atoms with Crippen molar-refractivity contribution in [3.63, 3.8) is 0 Å². The summed E-state index contributed by atoms with van der Waals surface area (Å²) in [6.45, 7) is 2.48. The maximum atomic E-state index is 12.3.